The van der Waals surface area contributed by atoms with E-state index in [0.29, 0.717) is 24.1 Å². The number of carbonyl (C=O) groups is 1. The van der Waals surface area contributed by atoms with Crippen LogP contribution in [0, 0.1) is 11.8 Å². The van der Waals surface area contributed by atoms with Crippen molar-refractivity contribution in [1.82, 2.24) is 10.6 Å². The average molecular weight is 421 g/mol. The Bertz CT molecular complexity index is 628. The van der Waals surface area contributed by atoms with E-state index in [1.54, 1.807) is 7.11 Å². The van der Waals surface area contributed by atoms with Gasteiger partial charge in [-0.15, -0.1) is 0 Å². The summed E-state index contributed by atoms with van der Waals surface area (Å²) in [5, 5.41) is 6.30. The minimum absolute atomic E-state index is 0.204. The van der Waals surface area contributed by atoms with Crippen molar-refractivity contribution in [3.63, 3.8) is 0 Å². The zero-order valence-electron chi connectivity index (χ0n) is 18.0. The number of carbonyl (C=O) groups excluding carboxylic acids is 1. The molecule has 1 aliphatic rings. The molecule has 0 aliphatic heterocycles. The van der Waals surface area contributed by atoms with Crippen LogP contribution in [0.3, 0.4) is 0 Å². The lowest BCUT2D eigenvalue weighted by molar-refractivity contribution is 0.131. The topological polar surface area (TPSA) is 59.6 Å². The highest BCUT2D eigenvalue weighted by Gasteiger charge is 2.21. The van der Waals surface area contributed by atoms with Crippen molar-refractivity contribution in [2.45, 2.75) is 71.4 Å². The molecule has 0 saturated heterocycles. The molecule has 1 atom stereocenters. The first kappa shape index (κ1) is 23.5. The number of alkyl carbamates (subject to hydrolysis) is 1. The fraction of sp³-hybridized carbons (Fsp3) is 0.652. The van der Waals surface area contributed by atoms with E-state index in [4.69, 9.17) is 21.7 Å². The second kappa shape index (κ2) is 12.7. The van der Waals surface area contributed by atoms with Crippen LogP contribution in [0.1, 0.15) is 64.4 Å². The lowest BCUT2D eigenvalue weighted by Gasteiger charge is -2.25. The number of methoxy groups -OCH3 is 1. The highest BCUT2D eigenvalue weighted by Crippen LogP contribution is 2.27. The molecular weight excluding hydrogens is 384 g/mol. The van der Waals surface area contributed by atoms with Crippen molar-refractivity contribution in [1.29, 1.82) is 0 Å². The zero-order valence-corrected chi connectivity index (χ0v) is 18.9. The number of nitrogens with one attached hydrogen (secondary N) is 2. The van der Waals surface area contributed by atoms with E-state index in [-0.39, 0.29) is 12.1 Å². The van der Waals surface area contributed by atoms with Crippen LogP contribution in [0.4, 0.5) is 4.79 Å². The molecule has 1 fully saturated rings. The maximum atomic E-state index is 12.2. The van der Waals surface area contributed by atoms with E-state index in [2.05, 4.69) is 10.6 Å². The number of hydrogen-bond acceptors (Lipinski definition) is 4. The molecule has 0 radical (unpaired) electrons. The maximum absolute atomic E-state index is 12.2. The van der Waals surface area contributed by atoms with Crippen LogP contribution < -0.4 is 15.4 Å². The summed E-state index contributed by atoms with van der Waals surface area (Å²) in [6.07, 6.45) is 8.10. The second-order valence-corrected chi connectivity index (χ2v) is 8.78. The summed E-state index contributed by atoms with van der Waals surface area (Å²) in [5.41, 5.74) is 1.11. The summed E-state index contributed by atoms with van der Waals surface area (Å²) < 4.78 is 10.5. The molecule has 5 nitrogen and oxygen atoms in total. The SMILES string of the molecule is COc1ccc(CNC(=S)[C@@H](CCC2CCCCC2)NC(=O)OCC(C)C)cc1. The molecule has 2 rings (SSSR count). The summed E-state index contributed by atoms with van der Waals surface area (Å²) in [5.74, 6) is 1.88. The molecule has 6 heteroatoms. The standard InChI is InChI=1S/C23H36N2O3S/c1-17(2)16-28-23(26)25-21(14-11-18-7-5-4-6-8-18)22(29)24-15-19-9-12-20(27-3)13-10-19/h9-10,12-13,17-18,21H,4-8,11,14-16H2,1-3H3,(H,24,29)(H,25,26)/t21-/m1/s1. The monoisotopic (exact) mass is 420 g/mol. The van der Waals surface area contributed by atoms with Crippen molar-refractivity contribution in [2.75, 3.05) is 13.7 Å². The normalized spacial score (nSPS) is 15.6. The lowest BCUT2D eigenvalue weighted by atomic mass is 9.85. The van der Waals surface area contributed by atoms with Crippen LogP contribution in [0.15, 0.2) is 24.3 Å². The van der Waals surface area contributed by atoms with Crippen molar-refractivity contribution in [2.24, 2.45) is 11.8 Å². The largest absolute Gasteiger partial charge is 0.497 e. The van der Waals surface area contributed by atoms with Crippen LogP contribution in [-0.2, 0) is 11.3 Å². The lowest BCUT2D eigenvalue weighted by Crippen LogP contribution is -2.46. The van der Waals surface area contributed by atoms with E-state index < -0.39 is 0 Å². The highest BCUT2D eigenvalue weighted by atomic mass is 32.1. The Morgan fingerprint density at radius 1 is 1.17 bits per heavy atom. The third-order valence-corrected chi connectivity index (χ3v) is 5.80. The fourth-order valence-corrected chi connectivity index (χ4v) is 3.88. The van der Waals surface area contributed by atoms with E-state index in [1.807, 2.05) is 38.1 Å². The molecular formula is C23H36N2O3S. The predicted octanol–water partition coefficient (Wildman–Crippen LogP) is 5.22. The Labute approximate surface area is 180 Å². The van der Waals surface area contributed by atoms with Crippen LogP contribution >= 0.6 is 12.2 Å². The van der Waals surface area contributed by atoms with Gasteiger partial charge in [-0.25, -0.2) is 4.79 Å². The van der Waals surface area contributed by atoms with Crippen LogP contribution in [0.25, 0.3) is 0 Å². The molecule has 1 aromatic rings. The van der Waals surface area contributed by atoms with Crippen molar-refractivity contribution in [3.05, 3.63) is 29.8 Å². The summed E-state index contributed by atoms with van der Waals surface area (Å²) in [7, 11) is 1.66. The quantitative estimate of drug-likeness (QED) is 0.508. The second-order valence-electron chi connectivity index (χ2n) is 8.34. The van der Waals surface area contributed by atoms with Gasteiger partial charge in [-0.1, -0.05) is 70.3 Å². The Balaban J connectivity index is 1.89. The van der Waals surface area contributed by atoms with E-state index >= 15 is 0 Å². The molecule has 0 bridgehead atoms. The maximum Gasteiger partial charge on any atom is 0.407 e. The summed E-state index contributed by atoms with van der Waals surface area (Å²) in [4.78, 5) is 12.9. The summed E-state index contributed by atoms with van der Waals surface area (Å²) in [6.45, 7) is 5.07. The third kappa shape index (κ3) is 9.03. The van der Waals surface area contributed by atoms with Crippen LogP contribution in [-0.4, -0.2) is 30.8 Å². The number of thiocarbonyl (C=S) groups is 1. The molecule has 2 N–H and O–H groups in total. The molecule has 1 aromatic carbocycles. The van der Waals surface area contributed by atoms with Gasteiger partial charge >= 0.3 is 6.09 Å². The Kier molecular flexibility index (Phi) is 10.3. The number of ether oxygens (including phenoxy) is 2. The molecule has 1 amide bonds. The van der Waals surface area contributed by atoms with Crippen molar-refractivity contribution in [3.8, 4) is 5.75 Å². The Hall–Kier alpha value is -1.82. The zero-order chi connectivity index (χ0) is 21.1. The van der Waals surface area contributed by atoms with Crippen molar-refractivity contribution < 1.29 is 14.3 Å². The number of hydrogen-bond donors (Lipinski definition) is 2. The molecule has 162 valence electrons. The minimum atomic E-state index is -0.388. The van der Waals surface area contributed by atoms with Gasteiger partial charge in [0, 0.05) is 6.54 Å². The average Bonchev–Trinajstić information content (AvgIpc) is 2.74. The molecule has 29 heavy (non-hydrogen) atoms. The van der Waals surface area contributed by atoms with Crippen LogP contribution in [0.5, 0.6) is 5.75 Å². The van der Waals surface area contributed by atoms with Gasteiger partial charge in [-0.05, 0) is 42.4 Å². The molecule has 0 aromatic heterocycles. The fourth-order valence-electron chi connectivity index (χ4n) is 3.63. The molecule has 1 saturated carbocycles. The molecule has 0 heterocycles. The van der Waals surface area contributed by atoms with E-state index in [9.17, 15) is 4.79 Å². The first-order chi connectivity index (χ1) is 14.0. The smallest absolute Gasteiger partial charge is 0.407 e. The van der Waals surface area contributed by atoms with Gasteiger partial charge in [0.05, 0.1) is 24.7 Å². The Morgan fingerprint density at radius 2 is 1.86 bits per heavy atom. The summed E-state index contributed by atoms with van der Waals surface area (Å²) >= 11 is 5.64. The van der Waals surface area contributed by atoms with Gasteiger partial charge in [0.1, 0.15) is 5.75 Å². The number of benzene rings is 1. The van der Waals surface area contributed by atoms with Gasteiger partial charge in [-0.3, -0.25) is 0 Å². The first-order valence-electron chi connectivity index (χ1n) is 10.8. The highest BCUT2D eigenvalue weighted by molar-refractivity contribution is 7.80. The first-order valence-corrected chi connectivity index (χ1v) is 11.2. The van der Waals surface area contributed by atoms with E-state index in [0.717, 1.165) is 30.1 Å². The summed E-state index contributed by atoms with van der Waals surface area (Å²) in [6, 6.07) is 7.68. The molecule has 1 aliphatic carbocycles. The van der Waals surface area contributed by atoms with Gasteiger partial charge < -0.3 is 20.1 Å². The molecule has 0 unspecified atom stereocenters. The van der Waals surface area contributed by atoms with Crippen LogP contribution in [0.2, 0.25) is 0 Å². The van der Waals surface area contributed by atoms with Crippen molar-refractivity contribution >= 4 is 23.3 Å². The number of rotatable bonds is 10. The third-order valence-electron chi connectivity index (χ3n) is 5.37. The van der Waals surface area contributed by atoms with Gasteiger partial charge in [-0.2, -0.15) is 0 Å². The minimum Gasteiger partial charge on any atom is -0.497 e. The van der Waals surface area contributed by atoms with E-state index in [1.165, 1.54) is 32.1 Å². The molecule has 0 spiro atoms. The van der Waals surface area contributed by atoms with Gasteiger partial charge in [0.25, 0.3) is 0 Å². The Morgan fingerprint density at radius 3 is 2.48 bits per heavy atom. The predicted molar refractivity (Wildman–Crippen MR) is 121 cm³/mol. The van der Waals surface area contributed by atoms with Gasteiger partial charge in [0.15, 0.2) is 0 Å². The number of amides is 1. The van der Waals surface area contributed by atoms with Gasteiger partial charge in [0.2, 0.25) is 0 Å².